The Kier molecular flexibility index (Phi) is 2.57. The number of nitrogens with one attached hydrogen (secondary N) is 2. The third-order valence-electron chi connectivity index (χ3n) is 2.70. The van der Waals surface area contributed by atoms with Crippen LogP contribution in [0.4, 0.5) is 5.82 Å². The van der Waals surface area contributed by atoms with Crippen molar-refractivity contribution in [2.24, 2.45) is 0 Å². The molecule has 2 N–H and O–H groups in total. The zero-order valence-corrected chi connectivity index (χ0v) is 9.51. The van der Waals surface area contributed by atoms with Crippen LogP contribution in [0.3, 0.4) is 0 Å². The van der Waals surface area contributed by atoms with E-state index in [9.17, 15) is 4.79 Å². The Morgan fingerprint density at radius 2 is 2.17 bits per heavy atom. The van der Waals surface area contributed by atoms with Gasteiger partial charge in [-0.25, -0.2) is 0 Å². The molecule has 0 fully saturated rings. The molecule has 0 aliphatic rings. The molecule has 0 atom stereocenters. The van der Waals surface area contributed by atoms with Crippen molar-refractivity contribution in [1.82, 2.24) is 10.1 Å². The normalized spacial score (nSPS) is 10.7. The van der Waals surface area contributed by atoms with Gasteiger partial charge in [-0.15, -0.1) is 0 Å². The van der Waals surface area contributed by atoms with Crippen LogP contribution in [0.2, 0.25) is 0 Å². The molecule has 90 valence electrons. The SMILES string of the molecule is O=c1[nH]c(NCc2ccno2)cc2ccccc12. The standard InChI is InChI=1S/C13H11N3O2/c17-13-11-4-2-1-3-9(11)7-12(16-13)14-8-10-5-6-15-18-10/h1-7H,8H2,(H2,14,16,17). The van der Waals surface area contributed by atoms with Gasteiger partial charge in [-0.3, -0.25) is 4.79 Å². The highest BCUT2D eigenvalue weighted by Crippen LogP contribution is 2.13. The molecule has 0 unspecified atom stereocenters. The van der Waals surface area contributed by atoms with Crippen molar-refractivity contribution in [3.8, 4) is 0 Å². The smallest absolute Gasteiger partial charge is 0.257 e. The van der Waals surface area contributed by atoms with Crippen molar-refractivity contribution < 1.29 is 4.52 Å². The molecule has 5 heteroatoms. The Morgan fingerprint density at radius 1 is 1.28 bits per heavy atom. The fourth-order valence-corrected chi connectivity index (χ4v) is 1.82. The van der Waals surface area contributed by atoms with Crippen molar-refractivity contribution in [2.75, 3.05) is 5.32 Å². The first-order valence-electron chi connectivity index (χ1n) is 5.58. The van der Waals surface area contributed by atoms with Crippen LogP contribution < -0.4 is 10.9 Å². The lowest BCUT2D eigenvalue weighted by Gasteiger charge is -2.05. The van der Waals surface area contributed by atoms with E-state index in [0.717, 1.165) is 5.39 Å². The van der Waals surface area contributed by atoms with Crippen LogP contribution in [0, 0.1) is 0 Å². The first-order valence-corrected chi connectivity index (χ1v) is 5.58. The highest BCUT2D eigenvalue weighted by molar-refractivity contribution is 5.83. The van der Waals surface area contributed by atoms with Gasteiger partial charge in [0.1, 0.15) is 5.82 Å². The largest absolute Gasteiger partial charge is 0.364 e. The van der Waals surface area contributed by atoms with Gasteiger partial charge >= 0.3 is 0 Å². The molecule has 18 heavy (non-hydrogen) atoms. The van der Waals surface area contributed by atoms with Crippen LogP contribution in [0.15, 0.2) is 51.9 Å². The second-order valence-corrected chi connectivity index (χ2v) is 3.93. The van der Waals surface area contributed by atoms with Gasteiger partial charge in [-0.2, -0.15) is 0 Å². The zero-order valence-electron chi connectivity index (χ0n) is 9.51. The summed E-state index contributed by atoms with van der Waals surface area (Å²) in [7, 11) is 0. The van der Waals surface area contributed by atoms with Crippen molar-refractivity contribution in [2.45, 2.75) is 6.54 Å². The number of rotatable bonds is 3. The van der Waals surface area contributed by atoms with Gasteiger partial charge in [0.15, 0.2) is 5.76 Å². The topological polar surface area (TPSA) is 70.9 Å². The van der Waals surface area contributed by atoms with Crippen LogP contribution in [0.1, 0.15) is 5.76 Å². The number of nitrogens with zero attached hydrogens (tertiary/aromatic N) is 1. The summed E-state index contributed by atoms with van der Waals surface area (Å²) in [6, 6.07) is 11.1. The number of H-pyrrole nitrogens is 1. The van der Waals surface area contributed by atoms with E-state index in [2.05, 4.69) is 15.5 Å². The zero-order chi connectivity index (χ0) is 12.4. The molecule has 0 aliphatic heterocycles. The number of benzene rings is 1. The Hall–Kier alpha value is -2.56. The van der Waals surface area contributed by atoms with Crippen molar-refractivity contribution in [3.05, 3.63) is 58.7 Å². The highest BCUT2D eigenvalue weighted by Gasteiger charge is 2.02. The quantitative estimate of drug-likeness (QED) is 0.736. The summed E-state index contributed by atoms with van der Waals surface area (Å²) in [4.78, 5) is 14.6. The Balaban J connectivity index is 1.91. The van der Waals surface area contributed by atoms with Crippen LogP contribution >= 0.6 is 0 Å². The minimum absolute atomic E-state index is 0.104. The minimum Gasteiger partial charge on any atom is -0.364 e. The monoisotopic (exact) mass is 241 g/mol. The first kappa shape index (κ1) is 10.6. The molecule has 1 aromatic carbocycles. The van der Waals surface area contributed by atoms with Gasteiger partial charge in [0.25, 0.3) is 5.56 Å². The van der Waals surface area contributed by atoms with Gasteiger partial charge < -0.3 is 14.8 Å². The number of aromatic amines is 1. The summed E-state index contributed by atoms with van der Waals surface area (Å²) in [6.07, 6.45) is 1.58. The van der Waals surface area contributed by atoms with E-state index >= 15 is 0 Å². The molecule has 3 rings (SSSR count). The third-order valence-corrected chi connectivity index (χ3v) is 2.70. The van der Waals surface area contributed by atoms with Crippen molar-refractivity contribution >= 4 is 16.6 Å². The second-order valence-electron chi connectivity index (χ2n) is 3.93. The molecule has 0 bridgehead atoms. The predicted octanol–water partition coefficient (Wildman–Crippen LogP) is 2.13. The minimum atomic E-state index is -0.104. The van der Waals surface area contributed by atoms with Crippen molar-refractivity contribution in [1.29, 1.82) is 0 Å². The fourth-order valence-electron chi connectivity index (χ4n) is 1.82. The molecule has 2 heterocycles. The van der Waals surface area contributed by atoms with Crippen LogP contribution in [-0.4, -0.2) is 10.1 Å². The van der Waals surface area contributed by atoms with E-state index in [-0.39, 0.29) is 5.56 Å². The van der Waals surface area contributed by atoms with Crippen LogP contribution in [-0.2, 0) is 6.54 Å². The molecule has 0 radical (unpaired) electrons. The summed E-state index contributed by atoms with van der Waals surface area (Å²) < 4.78 is 4.97. The second kappa shape index (κ2) is 4.37. The molecule has 0 amide bonds. The summed E-state index contributed by atoms with van der Waals surface area (Å²) in [6.45, 7) is 0.480. The summed E-state index contributed by atoms with van der Waals surface area (Å²) >= 11 is 0. The van der Waals surface area contributed by atoms with Crippen LogP contribution in [0.5, 0.6) is 0 Å². The highest BCUT2D eigenvalue weighted by atomic mass is 16.5. The van der Waals surface area contributed by atoms with Gasteiger partial charge in [-0.1, -0.05) is 23.4 Å². The van der Waals surface area contributed by atoms with E-state index in [1.165, 1.54) is 0 Å². The summed E-state index contributed by atoms with van der Waals surface area (Å²) in [5, 5.41) is 8.29. The molecule has 0 spiro atoms. The van der Waals surface area contributed by atoms with E-state index < -0.39 is 0 Å². The van der Waals surface area contributed by atoms with E-state index in [0.29, 0.717) is 23.5 Å². The van der Waals surface area contributed by atoms with E-state index in [1.807, 2.05) is 24.3 Å². The van der Waals surface area contributed by atoms with Gasteiger partial charge in [0.2, 0.25) is 0 Å². The third kappa shape index (κ3) is 1.98. The van der Waals surface area contributed by atoms with E-state index in [4.69, 9.17) is 4.52 Å². The maximum atomic E-state index is 11.8. The molecular weight excluding hydrogens is 230 g/mol. The van der Waals surface area contributed by atoms with Gasteiger partial charge in [0, 0.05) is 11.5 Å². The number of anilines is 1. The van der Waals surface area contributed by atoms with Gasteiger partial charge in [0.05, 0.1) is 12.7 Å². The maximum absolute atomic E-state index is 11.8. The number of hydrogen-bond donors (Lipinski definition) is 2. The molecule has 5 nitrogen and oxygen atoms in total. The molecular formula is C13H11N3O2. The van der Waals surface area contributed by atoms with E-state index in [1.54, 1.807) is 18.3 Å². The molecule has 0 aliphatic carbocycles. The number of fused-ring (bicyclic) bond motifs is 1. The number of hydrogen-bond acceptors (Lipinski definition) is 4. The lowest BCUT2D eigenvalue weighted by atomic mass is 10.2. The Morgan fingerprint density at radius 3 is 3.00 bits per heavy atom. The van der Waals surface area contributed by atoms with Crippen LogP contribution in [0.25, 0.3) is 10.8 Å². The fraction of sp³-hybridized carbons (Fsp3) is 0.0769. The van der Waals surface area contributed by atoms with Gasteiger partial charge in [-0.05, 0) is 17.5 Å². The number of aromatic nitrogens is 2. The van der Waals surface area contributed by atoms with Crippen molar-refractivity contribution in [3.63, 3.8) is 0 Å². The average Bonchev–Trinajstić information content (AvgIpc) is 2.90. The summed E-state index contributed by atoms with van der Waals surface area (Å²) in [5.74, 6) is 1.37. The maximum Gasteiger partial charge on any atom is 0.257 e. The lowest BCUT2D eigenvalue weighted by molar-refractivity contribution is 0.388. The summed E-state index contributed by atoms with van der Waals surface area (Å²) in [5.41, 5.74) is -0.104. The Bertz CT molecular complexity index is 716. The molecule has 0 saturated heterocycles. The first-order chi connectivity index (χ1) is 8.83. The average molecular weight is 241 g/mol. The number of pyridine rings is 1. The Labute approximate surface area is 102 Å². The molecule has 0 saturated carbocycles. The molecule has 2 aromatic heterocycles. The predicted molar refractivity (Wildman–Crippen MR) is 68.4 cm³/mol. The molecule has 3 aromatic rings. The lowest BCUT2D eigenvalue weighted by Crippen LogP contribution is -2.10.